The highest BCUT2D eigenvalue weighted by Gasteiger charge is 2.34. The number of rotatable bonds is 3. The summed E-state index contributed by atoms with van der Waals surface area (Å²) in [5.74, 6) is 0.877. The number of ketones is 1. The number of fused-ring (bicyclic) bond motifs is 1. The Morgan fingerprint density at radius 1 is 1.32 bits per heavy atom. The van der Waals surface area contributed by atoms with Crippen molar-refractivity contribution in [3.05, 3.63) is 62.8 Å². The summed E-state index contributed by atoms with van der Waals surface area (Å²) in [7, 11) is 0. The van der Waals surface area contributed by atoms with Crippen molar-refractivity contribution < 1.29 is 14.6 Å². The van der Waals surface area contributed by atoms with Crippen LogP contribution in [0.5, 0.6) is 11.5 Å². The van der Waals surface area contributed by atoms with Gasteiger partial charge in [0.15, 0.2) is 5.76 Å². The minimum absolute atomic E-state index is 0.129. The molecule has 2 aliphatic rings. The van der Waals surface area contributed by atoms with Gasteiger partial charge in [-0.3, -0.25) is 9.69 Å². The summed E-state index contributed by atoms with van der Waals surface area (Å²) >= 11 is 3.51. The third kappa shape index (κ3) is 3.49. The van der Waals surface area contributed by atoms with Crippen LogP contribution in [0, 0.1) is 6.92 Å². The van der Waals surface area contributed by atoms with E-state index in [1.54, 1.807) is 12.1 Å². The molecule has 0 aromatic heterocycles. The second-order valence-electron chi connectivity index (χ2n) is 7.67. The minimum atomic E-state index is -0.129. The van der Waals surface area contributed by atoms with Crippen LogP contribution < -0.4 is 4.74 Å². The molecule has 5 heteroatoms. The molecule has 1 fully saturated rings. The van der Waals surface area contributed by atoms with Crippen LogP contribution in [0.2, 0.25) is 0 Å². The van der Waals surface area contributed by atoms with Crippen LogP contribution in [0.1, 0.15) is 53.2 Å². The number of phenols is 1. The van der Waals surface area contributed by atoms with Gasteiger partial charge in [-0.15, -0.1) is 0 Å². The first-order chi connectivity index (χ1) is 13.5. The summed E-state index contributed by atoms with van der Waals surface area (Å²) in [4.78, 5) is 15.4. The Hall–Kier alpha value is -2.11. The minimum Gasteiger partial charge on any atom is -0.507 e. The van der Waals surface area contributed by atoms with E-state index < -0.39 is 0 Å². The molecule has 1 N–H and O–H groups in total. The molecule has 1 atom stereocenters. The molecule has 0 spiro atoms. The number of piperidine rings is 1. The van der Waals surface area contributed by atoms with Crippen LogP contribution in [0.3, 0.4) is 0 Å². The summed E-state index contributed by atoms with van der Waals surface area (Å²) in [6.45, 7) is 5.64. The predicted octanol–water partition coefficient (Wildman–Crippen LogP) is 5.45. The van der Waals surface area contributed by atoms with Crippen molar-refractivity contribution in [3.8, 4) is 11.5 Å². The number of aromatic hydroxyl groups is 1. The molecule has 2 aromatic rings. The highest BCUT2D eigenvalue weighted by Crippen LogP contribution is 2.43. The lowest BCUT2D eigenvalue weighted by Gasteiger charge is -2.33. The molecule has 1 saturated heterocycles. The molecule has 0 amide bonds. The van der Waals surface area contributed by atoms with Gasteiger partial charge in [0.2, 0.25) is 5.78 Å². The summed E-state index contributed by atoms with van der Waals surface area (Å²) < 4.78 is 6.95. The number of carbonyl (C=O) groups is 1. The zero-order valence-corrected chi connectivity index (χ0v) is 17.8. The van der Waals surface area contributed by atoms with Gasteiger partial charge in [0.05, 0.1) is 11.1 Å². The average molecular weight is 442 g/mol. The van der Waals surface area contributed by atoms with Crippen LogP contribution in [-0.2, 0) is 6.54 Å². The number of likely N-dealkylation sites (tertiary alicyclic amines) is 1. The molecule has 2 aliphatic heterocycles. The second kappa shape index (κ2) is 7.72. The fraction of sp³-hybridized carbons (Fsp3) is 0.348. The summed E-state index contributed by atoms with van der Waals surface area (Å²) in [6, 6.07) is 9.85. The number of allylic oxidation sites excluding steroid dienone is 1. The quantitative estimate of drug-likeness (QED) is 0.642. The molecular weight excluding hydrogens is 418 g/mol. The number of carbonyl (C=O) groups excluding carboxylic acids is 1. The predicted molar refractivity (Wildman–Crippen MR) is 114 cm³/mol. The van der Waals surface area contributed by atoms with Crippen LogP contribution in [-0.4, -0.2) is 28.4 Å². The van der Waals surface area contributed by atoms with Crippen molar-refractivity contribution in [1.29, 1.82) is 0 Å². The van der Waals surface area contributed by atoms with E-state index >= 15 is 0 Å². The first kappa shape index (κ1) is 19.2. The maximum atomic E-state index is 13.0. The number of benzene rings is 2. The van der Waals surface area contributed by atoms with Gasteiger partial charge < -0.3 is 9.84 Å². The van der Waals surface area contributed by atoms with Crippen LogP contribution in [0.4, 0.5) is 0 Å². The molecule has 0 aliphatic carbocycles. The summed E-state index contributed by atoms with van der Waals surface area (Å²) in [5.41, 5.74) is 2.89. The Bertz CT molecular complexity index is 967. The number of ether oxygens (including phenoxy) is 1. The number of phenolic OH excluding ortho intramolecular Hbond substituents is 1. The molecular formula is C23H24BrNO3. The van der Waals surface area contributed by atoms with E-state index in [0.29, 0.717) is 35.2 Å². The topological polar surface area (TPSA) is 49.8 Å². The van der Waals surface area contributed by atoms with E-state index in [0.717, 1.165) is 35.0 Å². The lowest BCUT2D eigenvalue weighted by atomic mass is 9.97. The standard InChI is InChI=1S/C23H24BrNO3/c1-14-11-19(26)17(13-25-10-6-5-7-15(25)2)23-21(14)22(27)20(28-23)12-16-8-3-4-9-18(16)24/h3-4,8-9,11-12,15,26H,5-7,10,13H2,1-2H3/b20-12-. The van der Waals surface area contributed by atoms with Crippen molar-refractivity contribution in [3.63, 3.8) is 0 Å². The highest BCUT2D eigenvalue weighted by atomic mass is 79.9. The van der Waals surface area contributed by atoms with Gasteiger partial charge in [-0.2, -0.15) is 0 Å². The molecule has 0 radical (unpaired) electrons. The number of Topliss-reactive ketones (excluding diaryl/α,β-unsaturated/α-hetero) is 1. The van der Waals surface area contributed by atoms with Gasteiger partial charge in [-0.1, -0.05) is 40.5 Å². The lowest BCUT2D eigenvalue weighted by Crippen LogP contribution is -2.36. The Balaban J connectivity index is 1.73. The third-order valence-corrected chi connectivity index (χ3v) is 6.44. The van der Waals surface area contributed by atoms with Crippen molar-refractivity contribution in [1.82, 2.24) is 4.90 Å². The Morgan fingerprint density at radius 3 is 2.86 bits per heavy atom. The maximum Gasteiger partial charge on any atom is 0.232 e. The van der Waals surface area contributed by atoms with Gasteiger partial charge in [-0.25, -0.2) is 0 Å². The number of halogens is 1. The molecule has 0 bridgehead atoms. The number of aryl methyl sites for hydroxylation is 1. The van der Waals surface area contributed by atoms with E-state index in [-0.39, 0.29) is 11.5 Å². The van der Waals surface area contributed by atoms with E-state index in [2.05, 4.69) is 27.8 Å². The van der Waals surface area contributed by atoms with Crippen molar-refractivity contribution in [2.75, 3.05) is 6.54 Å². The van der Waals surface area contributed by atoms with Crippen LogP contribution in [0.25, 0.3) is 6.08 Å². The first-order valence-electron chi connectivity index (χ1n) is 9.74. The molecule has 1 unspecified atom stereocenters. The van der Waals surface area contributed by atoms with Gasteiger partial charge in [0.25, 0.3) is 0 Å². The molecule has 4 nitrogen and oxygen atoms in total. The largest absolute Gasteiger partial charge is 0.507 e. The number of nitrogens with zero attached hydrogens (tertiary/aromatic N) is 1. The van der Waals surface area contributed by atoms with E-state index in [9.17, 15) is 9.90 Å². The number of hydrogen-bond acceptors (Lipinski definition) is 4. The highest BCUT2D eigenvalue weighted by molar-refractivity contribution is 9.10. The van der Waals surface area contributed by atoms with Crippen LogP contribution >= 0.6 is 15.9 Å². The zero-order chi connectivity index (χ0) is 19.8. The van der Waals surface area contributed by atoms with Crippen LogP contribution in [0.15, 0.2) is 40.6 Å². The second-order valence-corrected chi connectivity index (χ2v) is 8.53. The van der Waals surface area contributed by atoms with Gasteiger partial charge in [0, 0.05) is 17.1 Å². The number of hydrogen-bond donors (Lipinski definition) is 1. The molecule has 4 rings (SSSR count). The van der Waals surface area contributed by atoms with Crippen molar-refractivity contribution >= 4 is 27.8 Å². The zero-order valence-electron chi connectivity index (χ0n) is 16.2. The SMILES string of the molecule is Cc1cc(O)c(CN2CCCCC2C)c2c1C(=O)/C(=C/c1ccccc1Br)O2. The Kier molecular flexibility index (Phi) is 5.30. The van der Waals surface area contributed by atoms with Crippen molar-refractivity contribution in [2.24, 2.45) is 0 Å². The fourth-order valence-electron chi connectivity index (χ4n) is 4.06. The van der Waals surface area contributed by atoms with Crippen molar-refractivity contribution in [2.45, 2.75) is 45.7 Å². The van der Waals surface area contributed by atoms with E-state index in [1.807, 2.05) is 31.2 Å². The first-order valence-corrected chi connectivity index (χ1v) is 10.5. The molecule has 28 heavy (non-hydrogen) atoms. The van der Waals surface area contributed by atoms with E-state index in [1.165, 1.54) is 6.42 Å². The Morgan fingerprint density at radius 2 is 2.11 bits per heavy atom. The summed E-state index contributed by atoms with van der Waals surface area (Å²) in [5, 5.41) is 10.6. The molecule has 146 valence electrons. The lowest BCUT2D eigenvalue weighted by molar-refractivity contribution is 0.101. The smallest absolute Gasteiger partial charge is 0.232 e. The van der Waals surface area contributed by atoms with E-state index in [4.69, 9.17) is 4.74 Å². The van der Waals surface area contributed by atoms with Gasteiger partial charge >= 0.3 is 0 Å². The average Bonchev–Trinajstić information content (AvgIpc) is 2.99. The molecule has 2 aromatic carbocycles. The monoisotopic (exact) mass is 441 g/mol. The maximum absolute atomic E-state index is 13.0. The Labute approximate surface area is 173 Å². The molecule has 2 heterocycles. The molecule has 0 saturated carbocycles. The van der Waals surface area contributed by atoms with Gasteiger partial charge in [-0.05, 0) is 62.6 Å². The van der Waals surface area contributed by atoms with Gasteiger partial charge in [0.1, 0.15) is 11.5 Å². The fourth-order valence-corrected chi connectivity index (χ4v) is 4.46. The normalized spacial score (nSPS) is 21.0. The third-order valence-electron chi connectivity index (χ3n) is 5.71. The summed E-state index contributed by atoms with van der Waals surface area (Å²) in [6.07, 6.45) is 5.31.